The van der Waals surface area contributed by atoms with Gasteiger partial charge in [0.05, 0.1) is 5.02 Å². The van der Waals surface area contributed by atoms with Gasteiger partial charge < -0.3 is 5.73 Å². The highest BCUT2D eigenvalue weighted by molar-refractivity contribution is 6.30. The summed E-state index contributed by atoms with van der Waals surface area (Å²) >= 11 is 5.71. The van der Waals surface area contributed by atoms with Gasteiger partial charge in [0.15, 0.2) is 0 Å². The first-order valence-corrected chi connectivity index (χ1v) is 6.30. The molecule has 0 aliphatic heterocycles. The van der Waals surface area contributed by atoms with Crippen molar-refractivity contribution in [2.45, 2.75) is 19.4 Å². The zero-order valence-corrected chi connectivity index (χ0v) is 11.2. The lowest BCUT2D eigenvalue weighted by Crippen LogP contribution is -2.15. The van der Waals surface area contributed by atoms with Crippen molar-refractivity contribution in [3.05, 3.63) is 69.7 Å². The van der Waals surface area contributed by atoms with Gasteiger partial charge >= 0.3 is 0 Å². The normalized spacial score (nSPS) is 12.5. The third kappa shape index (κ3) is 3.31. The van der Waals surface area contributed by atoms with Gasteiger partial charge in [0.1, 0.15) is 11.6 Å². The highest BCUT2D eigenvalue weighted by Gasteiger charge is 2.13. The summed E-state index contributed by atoms with van der Waals surface area (Å²) in [6.07, 6.45) is 0.403. The summed E-state index contributed by atoms with van der Waals surface area (Å²) in [7, 11) is 0. The summed E-state index contributed by atoms with van der Waals surface area (Å²) in [5, 5.41) is 0.0504. The maximum absolute atomic E-state index is 13.7. The zero-order valence-electron chi connectivity index (χ0n) is 10.5. The van der Waals surface area contributed by atoms with Gasteiger partial charge in [-0.25, -0.2) is 8.78 Å². The molecule has 2 aromatic rings. The van der Waals surface area contributed by atoms with Crippen molar-refractivity contribution in [1.29, 1.82) is 0 Å². The Kier molecular flexibility index (Phi) is 4.17. The molecule has 0 fully saturated rings. The van der Waals surface area contributed by atoms with Crippen molar-refractivity contribution in [2.24, 2.45) is 5.73 Å². The Balaban J connectivity index is 2.22. The van der Waals surface area contributed by atoms with Crippen LogP contribution < -0.4 is 5.73 Å². The fraction of sp³-hybridized carbons (Fsp3) is 0.200. The lowest BCUT2D eigenvalue weighted by Gasteiger charge is -2.14. The number of rotatable bonds is 3. The first kappa shape index (κ1) is 14.0. The lowest BCUT2D eigenvalue weighted by molar-refractivity contribution is 0.579. The molecular weight excluding hydrogens is 268 g/mol. The van der Waals surface area contributed by atoms with E-state index in [4.69, 9.17) is 17.3 Å². The van der Waals surface area contributed by atoms with Crippen LogP contribution in [0.4, 0.5) is 8.78 Å². The van der Waals surface area contributed by atoms with Gasteiger partial charge in [-0.15, -0.1) is 0 Å². The quantitative estimate of drug-likeness (QED) is 0.898. The summed E-state index contributed by atoms with van der Waals surface area (Å²) in [6.45, 7) is 1.88. The molecule has 0 saturated heterocycles. The highest BCUT2D eigenvalue weighted by Crippen LogP contribution is 2.23. The molecule has 4 heteroatoms. The molecule has 1 unspecified atom stereocenters. The number of benzene rings is 2. The predicted molar refractivity (Wildman–Crippen MR) is 73.2 cm³/mol. The van der Waals surface area contributed by atoms with Crippen molar-refractivity contribution < 1.29 is 8.78 Å². The molecule has 1 nitrogen and oxygen atoms in total. The van der Waals surface area contributed by atoms with Crippen LogP contribution in [0.25, 0.3) is 0 Å². The molecule has 0 spiro atoms. The van der Waals surface area contributed by atoms with E-state index >= 15 is 0 Å². The minimum absolute atomic E-state index is 0.0504. The van der Waals surface area contributed by atoms with Crippen LogP contribution in [0, 0.1) is 18.6 Å². The maximum atomic E-state index is 13.7. The summed E-state index contributed by atoms with van der Waals surface area (Å²) in [6, 6.07) is 8.76. The van der Waals surface area contributed by atoms with Gasteiger partial charge in [0.25, 0.3) is 0 Å². The van der Waals surface area contributed by atoms with Crippen molar-refractivity contribution in [1.82, 2.24) is 0 Å². The van der Waals surface area contributed by atoms with Crippen LogP contribution in [0.5, 0.6) is 0 Å². The molecule has 1 atom stereocenters. The average molecular weight is 282 g/mol. The molecule has 0 aliphatic carbocycles. The van der Waals surface area contributed by atoms with Crippen molar-refractivity contribution in [3.8, 4) is 0 Å². The largest absolute Gasteiger partial charge is 0.324 e. The van der Waals surface area contributed by atoms with E-state index in [1.54, 1.807) is 18.2 Å². The summed E-state index contributed by atoms with van der Waals surface area (Å²) < 4.78 is 26.8. The predicted octanol–water partition coefficient (Wildman–Crippen LogP) is 4.17. The Hall–Kier alpha value is -1.45. The highest BCUT2D eigenvalue weighted by atomic mass is 35.5. The Morgan fingerprint density at radius 2 is 1.79 bits per heavy atom. The van der Waals surface area contributed by atoms with Crippen LogP contribution in [0.1, 0.15) is 22.7 Å². The third-order valence-corrected chi connectivity index (χ3v) is 3.28. The second kappa shape index (κ2) is 5.68. The number of aryl methyl sites for hydroxylation is 1. The minimum atomic E-state index is -0.485. The van der Waals surface area contributed by atoms with Gasteiger partial charge in [0.2, 0.25) is 0 Å². The molecule has 0 aromatic heterocycles. The molecule has 2 aromatic carbocycles. The molecular formula is C15H14ClF2N. The molecule has 0 saturated carbocycles. The van der Waals surface area contributed by atoms with Crippen LogP contribution >= 0.6 is 11.6 Å². The van der Waals surface area contributed by atoms with Gasteiger partial charge in [0, 0.05) is 11.6 Å². The Morgan fingerprint density at radius 3 is 2.47 bits per heavy atom. The summed E-state index contributed by atoms with van der Waals surface area (Å²) in [5.74, 6) is -0.799. The smallest absolute Gasteiger partial charge is 0.141 e. The molecule has 0 amide bonds. The standard InChI is InChI=1S/C15H14ClF2N/c1-9-2-4-13(17)11(6-9)15(19)8-10-3-5-14(18)12(16)7-10/h2-7,15H,8,19H2,1H3. The zero-order chi connectivity index (χ0) is 14.0. The molecule has 2 rings (SSSR count). The van der Waals surface area contributed by atoms with Crippen LogP contribution in [0.3, 0.4) is 0 Å². The van der Waals surface area contributed by atoms with Gasteiger partial charge in [-0.3, -0.25) is 0 Å². The Bertz CT molecular complexity index is 599. The van der Waals surface area contributed by atoms with E-state index in [9.17, 15) is 8.78 Å². The van der Waals surface area contributed by atoms with Crippen molar-refractivity contribution in [2.75, 3.05) is 0 Å². The molecule has 100 valence electrons. The SMILES string of the molecule is Cc1ccc(F)c(C(N)Cc2ccc(F)c(Cl)c2)c1. The second-order valence-electron chi connectivity index (χ2n) is 4.58. The van der Waals surface area contributed by atoms with E-state index in [0.29, 0.717) is 12.0 Å². The fourth-order valence-electron chi connectivity index (χ4n) is 1.98. The monoisotopic (exact) mass is 281 g/mol. The van der Waals surface area contributed by atoms with E-state index in [1.165, 1.54) is 18.2 Å². The molecule has 0 heterocycles. The van der Waals surface area contributed by atoms with Crippen LogP contribution in [-0.4, -0.2) is 0 Å². The van der Waals surface area contributed by atoms with Crippen LogP contribution in [-0.2, 0) is 6.42 Å². The van der Waals surface area contributed by atoms with E-state index in [1.807, 2.05) is 6.92 Å². The Labute approximate surface area is 116 Å². The van der Waals surface area contributed by atoms with E-state index < -0.39 is 11.9 Å². The molecule has 0 aliphatic rings. The first-order valence-electron chi connectivity index (χ1n) is 5.93. The summed E-state index contributed by atoms with van der Waals surface area (Å²) in [5.41, 5.74) is 8.19. The Morgan fingerprint density at radius 1 is 1.11 bits per heavy atom. The lowest BCUT2D eigenvalue weighted by atomic mass is 9.98. The van der Waals surface area contributed by atoms with E-state index in [0.717, 1.165) is 11.1 Å². The fourth-order valence-corrected chi connectivity index (χ4v) is 2.18. The maximum Gasteiger partial charge on any atom is 0.141 e. The van der Waals surface area contributed by atoms with Crippen molar-refractivity contribution >= 4 is 11.6 Å². The number of nitrogens with two attached hydrogens (primary N) is 1. The first-order chi connectivity index (χ1) is 8.97. The average Bonchev–Trinajstić information content (AvgIpc) is 2.36. The third-order valence-electron chi connectivity index (χ3n) is 2.99. The number of halogens is 3. The molecule has 0 bridgehead atoms. The second-order valence-corrected chi connectivity index (χ2v) is 4.99. The molecule has 2 N–H and O–H groups in total. The topological polar surface area (TPSA) is 26.0 Å². The number of hydrogen-bond acceptors (Lipinski definition) is 1. The minimum Gasteiger partial charge on any atom is -0.324 e. The van der Waals surface area contributed by atoms with Crippen LogP contribution in [0.2, 0.25) is 5.02 Å². The molecule has 19 heavy (non-hydrogen) atoms. The van der Waals surface area contributed by atoms with Gasteiger partial charge in [-0.2, -0.15) is 0 Å². The van der Waals surface area contributed by atoms with E-state index in [2.05, 4.69) is 0 Å². The molecule has 0 radical (unpaired) electrons. The number of hydrogen-bond donors (Lipinski definition) is 1. The summed E-state index contributed by atoms with van der Waals surface area (Å²) in [4.78, 5) is 0. The van der Waals surface area contributed by atoms with Gasteiger partial charge in [-0.05, 0) is 37.1 Å². The van der Waals surface area contributed by atoms with Gasteiger partial charge in [-0.1, -0.05) is 35.4 Å². The van der Waals surface area contributed by atoms with E-state index in [-0.39, 0.29) is 10.8 Å². The van der Waals surface area contributed by atoms with Crippen LogP contribution in [0.15, 0.2) is 36.4 Å². The van der Waals surface area contributed by atoms with Crippen molar-refractivity contribution in [3.63, 3.8) is 0 Å².